The largest absolute Gasteiger partial charge is 0.352 e. The maximum absolute atomic E-state index is 11.2. The molecule has 1 heterocycles. The van der Waals surface area contributed by atoms with Gasteiger partial charge < -0.3 is 5.32 Å². The summed E-state index contributed by atoms with van der Waals surface area (Å²) < 4.78 is 0. The van der Waals surface area contributed by atoms with Crippen molar-refractivity contribution in [3.05, 3.63) is 12.2 Å². The Morgan fingerprint density at radius 2 is 1.86 bits per heavy atom. The highest BCUT2D eigenvalue weighted by atomic mass is 16.2. The molecule has 0 aromatic rings. The number of nitrogens with zero attached hydrogens (tertiary/aromatic N) is 1. The van der Waals surface area contributed by atoms with Crippen LogP contribution in [0.5, 0.6) is 0 Å². The summed E-state index contributed by atoms with van der Waals surface area (Å²) in [5.74, 6) is -1.20. The molecule has 0 saturated carbocycles. The van der Waals surface area contributed by atoms with E-state index in [4.69, 9.17) is 0 Å². The maximum atomic E-state index is 11.2. The van der Waals surface area contributed by atoms with Crippen LogP contribution in [0.25, 0.3) is 0 Å². The smallest absolute Gasteiger partial charge is 0.254 e. The third-order valence-electron chi connectivity index (χ3n) is 1.65. The van der Waals surface area contributed by atoms with E-state index in [-0.39, 0.29) is 18.5 Å². The molecule has 0 saturated heterocycles. The molecule has 5 heteroatoms. The SMILES string of the molecule is CC(C)NC(=O)CN1C(=O)C=CC1=O. The molecule has 76 valence electrons. The van der Waals surface area contributed by atoms with Crippen molar-refractivity contribution in [3.63, 3.8) is 0 Å². The minimum Gasteiger partial charge on any atom is -0.352 e. The van der Waals surface area contributed by atoms with Gasteiger partial charge in [0.25, 0.3) is 11.8 Å². The molecular formula is C9H12N2O3. The van der Waals surface area contributed by atoms with Crippen LogP contribution in [0.4, 0.5) is 0 Å². The molecule has 0 spiro atoms. The Hall–Kier alpha value is -1.65. The zero-order valence-electron chi connectivity index (χ0n) is 8.11. The first-order valence-electron chi connectivity index (χ1n) is 4.33. The van der Waals surface area contributed by atoms with Crippen molar-refractivity contribution in [2.45, 2.75) is 19.9 Å². The van der Waals surface area contributed by atoms with E-state index in [9.17, 15) is 14.4 Å². The maximum Gasteiger partial charge on any atom is 0.254 e. The molecule has 1 N–H and O–H groups in total. The average molecular weight is 196 g/mol. The van der Waals surface area contributed by atoms with Crippen LogP contribution in [0, 0.1) is 0 Å². The molecule has 0 aromatic heterocycles. The average Bonchev–Trinajstić information content (AvgIpc) is 2.34. The van der Waals surface area contributed by atoms with Crippen LogP contribution < -0.4 is 5.32 Å². The molecule has 0 aromatic carbocycles. The van der Waals surface area contributed by atoms with Gasteiger partial charge in [-0.1, -0.05) is 0 Å². The lowest BCUT2D eigenvalue weighted by Gasteiger charge is -2.14. The van der Waals surface area contributed by atoms with Gasteiger partial charge in [-0.15, -0.1) is 0 Å². The van der Waals surface area contributed by atoms with Gasteiger partial charge in [-0.05, 0) is 13.8 Å². The number of carbonyl (C=O) groups excluding carboxylic acids is 3. The quantitative estimate of drug-likeness (QED) is 0.615. The molecule has 1 aliphatic rings. The lowest BCUT2D eigenvalue weighted by atomic mass is 10.4. The Labute approximate surface area is 81.8 Å². The van der Waals surface area contributed by atoms with Crippen molar-refractivity contribution < 1.29 is 14.4 Å². The first-order valence-corrected chi connectivity index (χ1v) is 4.33. The minimum atomic E-state index is -0.436. The lowest BCUT2D eigenvalue weighted by Crippen LogP contribution is -2.42. The Balaban J connectivity index is 2.49. The topological polar surface area (TPSA) is 66.5 Å². The summed E-state index contributed by atoms with van der Waals surface area (Å²) in [7, 11) is 0. The molecule has 3 amide bonds. The monoisotopic (exact) mass is 196 g/mol. The van der Waals surface area contributed by atoms with Gasteiger partial charge in [0.15, 0.2) is 0 Å². The van der Waals surface area contributed by atoms with Gasteiger partial charge in [0.1, 0.15) is 6.54 Å². The Bertz CT molecular complexity index is 289. The van der Waals surface area contributed by atoms with Crippen molar-refractivity contribution in [1.29, 1.82) is 0 Å². The van der Waals surface area contributed by atoms with Crippen molar-refractivity contribution in [2.24, 2.45) is 0 Å². The van der Waals surface area contributed by atoms with E-state index in [0.29, 0.717) is 0 Å². The summed E-state index contributed by atoms with van der Waals surface area (Å²) in [6.07, 6.45) is 2.32. The molecule has 0 unspecified atom stereocenters. The first-order chi connectivity index (χ1) is 6.50. The highest BCUT2D eigenvalue weighted by Crippen LogP contribution is 2.02. The summed E-state index contributed by atoms with van der Waals surface area (Å²) in [6, 6.07) is 0.00302. The van der Waals surface area contributed by atoms with Crippen molar-refractivity contribution in [2.75, 3.05) is 6.54 Å². The highest BCUT2D eigenvalue weighted by Gasteiger charge is 2.25. The number of carbonyl (C=O) groups is 3. The normalized spacial score (nSPS) is 15.5. The predicted molar refractivity (Wildman–Crippen MR) is 49.1 cm³/mol. The molecule has 1 rings (SSSR count). The zero-order chi connectivity index (χ0) is 10.7. The Morgan fingerprint density at radius 1 is 1.36 bits per heavy atom. The molecule has 0 atom stereocenters. The van der Waals surface area contributed by atoms with Crippen LogP contribution >= 0.6 is 0 Å². The Kier molecular flexibility index (Phi) is 3.01. The molecule has 14 heavy (non-hydrogen) atoms. The van der Waals surface area contributed by atoms with E-state index in [1.165, 1.54) is 0 Å². The third-order valence-corrected chi connectivity index (χ3v) is 1.65. The summed E-state index contributed by atoms with van der Waals surface area (Å²) >= 11 is 0. The summed E-state index contributed by atoms with van der Waals surface area (Å²) in [6.45, 7) is 3.41. The molecule has 5 nitrogen and oxygen atoms in total. The van der Waals surface area contributed by atoms with Gasteiger partial charge in [-0.25, -0.2) is 0 Å². The second-order valence-corrected chi connectivity index (χ2v) is 3.32. The van der Waals surface area contributed by atoms with Crippen LogP contribution in [0.15, 0.2) is 12.2 Å². The van der Waals surface area contributed by atoms with E-state index >= 15 is 0 Å². The van der Waals surface area contributed by atoms with Crippen LogP contribution in [-0.4, -0.2) is 35.2 Å². The fraction of sp³-hybridized carbons (Fsp3) is 0.444. The number of rotatable bonds is 3. The highest BCUT2D eigenvalue weighted by molar-refractivity contribution is 6.14. The van der Waals surface area contributed by atoms with Gasteiger partial charge in [-0.3, -0.25) is 19.3 Å². The molecular weight excluding hydrogens is 184 g/mol. The van der Waals surface area contributed by atoms with Gasteiger partial charge in [-0.2, -0.15) is 0 Å². The Morgan fingerprint density at radius 3 is 2.29 bits per heavy atom. The van der Waals surface area contributed by atoms with Gasteiger partial charge in [0, 0.05) is 18.2 Å². The van der Waals surface area contributed by atoms with Crippen molar-refractivity contribution >= 4 is 17.7 Å². The standard InChI is InChI=1S/C9H12N2O3/c1-6(2)10-7(12)5-11-8(13)3-4-9(11)14/h3-4,6H,5H2,1-2H3,(H,10,12). The second-order valence-electron chi connectivity index (χ2n) is 3.32. The van der Waals surface area contributed by atoms with Crippen LogP contribution in [0.2, 0.25) is 0 Å². The molecule has 0 fully saturated rings. The van der Waals surface area contributed by atoms with Gasteiger partial charge in [0.2, 0.25) is 5.91 Å². The zero-order valence-corrected chi connectivity index (χ0v) is 8.11. The van der Waals surface area contributed by atoms with Crippen molar-refractivity contribution in [1.82, 2.24) is 10.2 Å². The van der Waals surface area contributed by atoms with E-state index in [1.807, 2.05) is 13.8 Å². The van der Waals surface area contributed by atoms with Crippen LogP contribution in [0.1, 0.15) is 13.8 Å². The number of imide groups is 1. The van der Waals surface area contributed by atoms with E-state index in [2.05, 4.69) is 5.32 Å². The molecule has 0 aliphatic carbocycles. The number of hydrogen-bond donors (Lipinski definition) is 1. The number of amides is 3. The third kappa shape index (κ3) is 2.42. The summed E-state index contributed by atoms with van der Waals surface area (Å²) in [5.41, 5.74) is 0. The first kappa shape index (κ1) is 10.4. The number of nitrogens with one attached hydrogen (secondary N) is 1. The van der Waals surface area contributed by atoms with Crippen LogP contribution in [0.3, 0.4) is 0 Å². The molecule has 0 bridgehead atoms. The fourth-order valence-corrected chi connectivity index (χ4v) is 1.10. The van der Waals surface area contributed by atoms with Gasteiger partial charge >= 0.3 is 0 Å². The van der Waals surface area contributed by atoms with E-state index in [1.54, 1.807) is 0 Å². The van der Waals surface area contributed by atoms with Crippen molar-refractivity contribution in [3.8, 4) is 0 Å². The molecule has 0 radical (unpaired) electrons. The van der Waals surface area contributed by atoms with Gasteiger partial charge in [0.05, 0.1) is 0 Å². The summed E-state index contributed by atoms with van der Waals surface area (Å²) in [5, 5.41) is 2.60. The van der Waals surface area contributed by atoms with E-state index in [0.717, 1.165) is 17.1 Å². The lowest BCUT2D eigenvalue weighted by molar-refractivity contribution is -0.141. The fourth-order valence-electron chi connectivity index (χ4n) is 1.10. The minimum absolute atomic E-state index is 0.00302. The van der Waals surface area contributed by atoms with E-state index < -0.39 is 11.8 Å². The predicted octanol–water partition coefficient (Wildman–Crippen LogP) is -0.564. The second kappa shape index (κ2) is 4.04. The number of hydrogen-bond acceptors (Lipinski definition) is 3. The van der Waals surface area contributed by atoms with Crippen LogP contribution in [-0.2, 0) is 14.4 Å². The molecule has 1 aliphatic heterocycles. The summed E-state index contributed by atoms with van der Waals surface area (Å²) in [4.78, 5) is 34.2.